The molecule has 0 unspecified atom stereocenters. The molecule has 1 aromatic heterocycles. The molecule has 0 aliphatic heterocycles. The molecule has 0 saturated heterocycles. The second-order valence-electron chi connectivity index (χ2n) is 3.73. The first kappa shape index (κ1) is 9.78. The molecule has 0 aliphatic carbocycles. The Bertz CT molecular complexity index is 717. The van der Waals surface area contributed by atoms with Gasteiger partial charge in [0.15, 0.2) is 0 Å². The number of fused-ring (bicyclic) bond motifs is 1. The third kappa shape index (κ3) is 1.72. The number of aromatic nitrogens is 2. The maximum atomic E-state index is 11.8. The number of nitrogens with one attached hydrogen (secondary N) is 1. The van der Waals surface area contributed by atoms with Crippen molar-refractivity contribution >= 4 is 10.9 Å². The lowest BCUT2D eigenvalue weighted by atomic mass is 10.2. The molecule has 81 valence electrons. The predicted octanol–water partition coefficient (Wildman–Crippen LogP) is 2.39. The summed E-state index contributed by atoms with van der Waals surface area (Å²) in [5.41, 5.74) is 1.44. The van der Waals surface area contributed by atoms with Gasteiger partial charge in [-0.1, -0.05) is 30.3 Å². The molecule has 3 rings (SSSR count). The second kappa shape index (κ2) is 3.87. The van der Waals surface area contributed by atoms with Crippen LogP contribution < -0.4 is 5.56 Å². The van der Waals surface area contributed by atoms with Crippen LogP contribution in [0.4, 0.5) is 0 Å². The Kier molecular flexibility index (Phi) is 2.22. The lowest BCUT2D eigenvalue weighted by molar-refractivity contribution is 1.18. The summed E-state index contributed by atoms with van der Waals surface area (Å²) in [6, 6.07) is 17.7. The fourth-order valence-electron chi connectivity index (χ4n) is 1.77. The first-order valence-corrected chi connectivity index (χ1v) is 5.30. The average Bonchev–Trinajstić information content (AvgIpc) is 2.40. The molecule has 0 fully saturated rings. The van der Waals surface area contributed by atoms with Crippen molar-refractivity contribution in [3.63, 3.8) is 0 Å². The number of para-hydroxylation sites is 1. The van der Waals surface area contributed by atoms with Crippen molar-refractivity contribution in [1.29, 1.82) is 0 Å². The largest absolute Gasteiger partial charge is 0.339 e. The van der Waals surface area contributed by atoms with Gasteiger partial charge >= 0.3 is 0 Å². The van der Waals surface area contributed by atoms with Gasteiger partial charge in [0.1, 0.15) is 5.82 Å². The van der Waals surface area contributed by atoms with Crippen molar-refractivity contribution < 1.29 is 0 Å². The van der Waals surface area contributed by atoms with Gasteiger partial charge in [-0.25, -0.2) is 0 Å². The molecule has 0 amide bonds. The summed E-state index contributed by atoms with van der Waals surface area (Å²) >= 11 is 0. The van der Waals surface area contributed by atoms with E-state index in [9.17, 15) is 4.79 Å². The van der Waals surface area contributed by atoms with Crippen LogP contribution in [0, 0.1) is 6.07 Å². The third-order valence-corrected chi connectivity index (χ3v) is 2.60. The van der Waals surface area contributed by atoms with Crippen molar-refractivity contribution in [3.8, 4) is 11.4 Å². The van der Waals surface area contributed by atoms with E-state index < -0.39 is 0 Å². The van der Waals surface area contributed by atoms with E-state index in [4.69, 9.17) is 0 Å². The summed E-state index contributed by atoms with van der Waals surface area (Å²) in [4.78, 5) is 19.0. The number of nitrogens with zero attached hydrogens (tertiary/aromatic N) is 1. The highest BCUT2D eigenvalue weighted by atomic mass is 16.1. The zero-order valence-corrected chi connectivity index (χ0v) is 8.97. The zero-order chi connectivity index (χ0) is 11.7. The van der Waals surface area contributed by atoms with Crippen LogP contribution in [0.5, 0.6) is 0 Å². The molecule has 1 heterocycles. The van der Waals surface area contributed by atoms with Gasteiger partial charge < -0.3 is 4.98 Å². The smallest absolute Gasteiger partial charge is 0.281 e. The lowest BCUT2D eigenvalue weighted by Gasteiger charge is -2.02. The maximum absolute atomic E-state index is 11.8. The number of benzene rings is 2. The number of H-pyrrole nitrogens is 1. The maximum Gasteiger partial charge on any atom is 0.281 e. The standard InChI is InChI=1S/C14H9N2O/c17-14-11-8-4-5-9-12(11)15-13(16-14)10-6-2-1-3-7-10/h1-2,4-9H,(H,15,16,17). The van der Waals surface area contributed by atoms with E-state index in [1.807, 2.05) is 36.4 Å². The van der Waals surface area contributed by atoms with Gasteiger partial charge in [-0.15, -0.1) is 0 Å². The van der Waals surface area contributed by atoms with E-state index in [-0.39, 0.29) is 5.56 Å². The van der Waals surface area contributed by atoms with E-state index in [0.29, 0.717) is 11.2 Å². The van der Waals surface area contributed by atoms with Crippen LogP contribution in [-0.2, 0) is 0 Å². The van der Waals surface area contributed by atoms with Crippen molar-refractivity contribution in [2.45, 2.75) is 0 Å². The van der Waals surface area contributed by atoms with E-state index in [1.165, 1.54) is 0 Å². The van der Waals surface area contributed by atoms with Crippen molar-refractivity contribution in [2.75, 3.05) is 0 Å². The molecule has 3 heteroatoms. The molecule has 0 aliphatic rings. The summed E-state index contributed by atoms with van der Waals surface area (Å²) in [6.07, 6.45) is 0. The van der Waals surface area contributed by atoms with Crippen molar-refractivity contribution in [2.24, 2.45) is 0 Å². The summed E-state index contributed by atoms with van der Waals surface area (Å²) in [5.74, 6) is 0.575. The topological polar surface area (TPSA) is 45.8 Å². The van der Waals surface area contributed by atoms with Crippen LogP contribution >= 0.6 is 0 Å². The molecular formula is C14H9N2O. The number of aromatic amines is 1. The molecule has 0 saturated carbocycles. The van der Waals surface area contributed by atoms with Gasteiger partial charge in [0.05, 0.1) is 10.9 Å². The van der Waals surface area contributed by atoms with Gasteiger partial charge in [0.25, 0.3) is 5.56 Å². The Morgan fingerprint density at radius 2 is 2.00 bits per heavy atom. The van der Waals surface area contributed by atoms with Gasteiger partial charge in [0.2, 0.25) is 0 Å². The third-order valence-electron chi connectivity index (χ3n) is 2.60. The second-order valence-corrected chi connectivity index (χ2v) is 3.73. The fourth-order valence-corrected chi connectivity index (χ4v) is 1.77. The quantitative estimate of drug-likeness (QED) is 0.685. The number of hydrogen-bond donors (Lipinski definition) is 1. The Morgan fingerprint density at radius 3 is 2.82 bits per heavy atom. The zero-order valence-electron chi connectivity index (χ0n) is 8.97. The predicted molar refractivity (Wildman–Crippen MR) is 66.6 cm³/mol. The summed E-state index contributed by atoms with van der Waals surface area (Å²) < 4.78 is 0. The van der Waals surface area contributed by atoms with Crippen LogP contribution in [0.2, 0.25) is 0 Å². The number of rotatable bonds is 1. The van der Waals surface area contributed by atoms with Crippen LogP contribution in [0.3, 0.4) is 0 Å². The fraction of sp³-hybridized carbons (Fsp3) is 0. The normalized spacial score (nSPS) is 10.6. The first-order valence-electron chi connectivity index (χ1n) is 5.30. The highest BCUT2D eigenvalue weighted by molar-refractivity contribution is 5.79. The Labute approximate surface area is 97.8 Å². The monoisotopic (exact) mass is 221 g/mol. The summed E-state index contributed by atoms with van der Waals surface area (Å²) in [5, 5.41) is 0.608. The van der Waals surface area contributed by atoms with Gasteiger partial charge in [0, 0.05) is 5.56 Å². The highest BCUT2D eigenvalue weighted by Crippen LogP contribution is 2.14. The van der Waals surface area contributed by atoms with Crippen molar-refractivity contribution in [1.82, 2.24) is 9.97 Å². The van der Waals surface area contributed by atoms with E-state index in [2.05, 4.69) is 16.0 Å². The first-order chi connectivity index (χ1) is 8.34. The van der Waals surface area contributed by atoms with Crippen LogP contribution in [0.15, 0.2) is 53.3 Å². The molecular weight excluding hydrogens is 212 g/mol. The molecule has 3 nitrogen and oxygen atoms in total. The van der Waals surface area contributed by atoms with Crippen LogP contribution in [0.1, 0.15) is 0 Å². The molecule has 3 aromatic rings. The molecule has 1 radical (unpaired) electrons. The summed E-state index contributed by atoms with van der Waals surface area (Å²) in [7, 11) is 0. The van der Waals surface area contributed by atoms with Crippen LogP contribution in [-0.4, -0.2) is 9.97 Å². The molecule has 17 heavy (non-hydrogen) atoms. The van der Waals surface area contributed by atoms with Gasteiger partial charge in [-0.2, -0.15) is 4.98 Å². The minimum atomic E-state index is -0.210. The van der Waals surface area contributed by atoms with Crippen molar-refractivity contribution in [3.05, 3.63) is 65.0 Å². The Morgan fingerprint density at radius 1 is 1.12 bits per heavy atom. The molecule has 0 atom stereocenters. The lowest BCUT2D eigenvalue weighted by Crippen LogP contribution is -2.09. The highest BCUT2D eigenvalue weighted by Gasteiger charge is 2.04. The van der Waals surface area contributed by atoms with Gasteiger partial charge in [-0.05, 0) is 24.3 Å². The molecule has 0 bridgehead atoms. The summed E-state index contributed by atoms with van der Waals surface area (Å²) in [6.45, 7) is 0. The SMILES string of the molecule is O=c1nc(-c2c[c]ccc2)[nH]c2ccccc12. The molecule has 2 aromatic carbocycles. The minimum Gasteiger partial charge on any atom is -0.339 e. The van der Waals surface area contributed by atoms with E-state index in [0.717, 1.165) is 11.1 Å². The van der Waals surface area contributed by atoms with Crippen LogP contribution in [0.25, 0.3) is 22.3 Å². The Hall–Kier alpha value is -2.42. The molecule has 0 spiro atoms. The molecule has 1 N–H and O–H groups in total. The van der Waals surface area contributed by atoms with E-state index in [1.54, 1.807) is 12.1 Å². The Balaban J connectivity index is 2.30. The minimum absolute atomic E-state index is 0.210. The average molecular weight is 221 g/mol. The van der Waals surface area contributed by atoms with Gasteiger partial charge in [-0.3, -0.25) is 4.79 Å². The van der Waals surface area contributed by atoms with E-state index >= 15 is 0 Å². The number of hydrogen-bond acceptors (Lipinski definition) is 2.